The number of carbonyl (C=O) groups is 1. The maximum absolute atomic E-state index is 11.6. The molecule has 18 heavy (non-hydrogen) atoms. The Bertz CT molecular complexity index is 355. The second-order valence-corrected chi connectivity index (χ2v) is 6.18. The van der Waals surface area contributed by atoms with Crippen LogP contribution in [0.5, 0.6) is 0 Å². The summed E-state index contributed by atoms with van der Waals surface area (Å²) in [6.45, 7) is 5.74. The van der Waals surface area contributed by atoms with Gasteiger partial charge in [-0.1, -0.05) is 13.8 Å². The van der Waals surface area contributed by atoms with Crippen molar-refractivity contribution in [2.75, 3.05) is 12.8 Å². The molecule has 0 rings (SSSR count). The second-order valence-electron chi connectivity index (χ2n) is 4.40. The smallest absolute Gasteiger partial charge is 0.237 e. The van der Waals surface area contributed by atoms with E-state index in [2.05, 4.69) is 10.0 Å². The molecule has 0 aromatic heterocycles. The van der Waals surface area contributed by atoms with Crippen LogP contribution in [0.2, 0.25) is 0 Å². The first-order valence-corrected chi connectivity index (χ1v) is 7.56. The molecule has 0 heterocycles. The molecule has 0 aromatic rings. The number of amides is 1. The van der Waals surface area contributed by atoms with Gasteiger partial charge in [0.15, 0.2) is 0 Å². The molecule has 1 amide bonds. The summed E-state index contributed by atoms with van der Waals surface area (Å²) < 4.78 is 24.1. The van der Waals surface area contributed by atoms with E-state index in [0.29, 0.717) is 6.54 Å². The van der Waals surface area contributed by atoms with Gasteiger partial charge in [0.25, 0.3) is 0 Å². The molecule has 110 valence electrons. The number of halogens is 1. The Kier molecular flexibility index (Phi) is 8.80. The van der Waals surface area contributed by atoms with Gasteiger partial charge in [-0.25, -0.2) is 13.1 Å². The lowest BCUT2D eigenvalue weighted by atomic mass is 9.94. The van der Waals surface area contributed by atoms with Gasteiger partial charge in [0.2, 0.25) is 15.9 Å². The highest BCUT2D eigenvalue weighted by Crippen LogP contribution is 2.09. The Morgan fingerprint density at radius 3 is 2.11 bits per heavy atom. The Balaban J connectivity index is 0. The fraction of sp³-hybridized carbons (Fsp3) is 0.900. The molecule has 0 aliphatic carbocycles. The Morgan fingerprint density at radius 1 is 1.33 bits per heavy atom. The first-order chi connectivity index (χ1) is 7.63. The van der Waals surface area contributed by atoms with E-state index >= 15 is 0 Å². The van der Waals surface area contributed by atoms with Gasteiger partial charge >= 0.3 is 0 Å². The SMILES string of the molecule is CCC(N)(CC)CNC(=O)C(C)NS(C)(=O)=O.Cl. The van der Waals surface area contributed by atoms with Crippen molar-refractivity contribution in [2.24, 2.45) is 5.73 Å². The maximum Gasteiger partial charge on any atom is 0.237 e. The number of carbonyl (C=O) groups excluding carboxylic acids is 1. The van der Waals surface area contributed by atoms with Crippen LogP contribution in [-0.2, 0) is 14.8 Å². The molecule has 0 aliphatic rings. The molecule has 1 atom stereocenters. The third-order valence-corrected chi connectivity index (χ3v) is 3.59. The Hall–Kier alpha value is -0.370. The highest BCUT2D eigenvalue weighted by Gasteiger charge is 2.23. The van der Waals surface area contributed by atoms with Crippen molar-refractivity contribution >= 4 is 28.3 Å². The summed E-state index contributed by atoms with van der Waals surface area (Å²) >= 11 is 0. The molecule has 8 heteroatoms. The molecule has 4 N–H and O–H groups in total. The van der Waals surface area contributed by atoms with Crippen LogP contribution in [0.15, 0.2) is 0 Å². The van der Waals surface area contributed by atoms with Crippen LogP contribution < -0.4 is 15.8 Å². The summed E-state index contributed by atoms with van der Waals surface area (Å²) in [5.41, 5.74) is 5.59. The fourth-order valence-electron chi connectivity index (χ4n) is 1.29. The van der Waals surface area contributed by atoms with Gasteiger partial charge in [-0.15, -0.1) is 12.4 Å². The normalized spacial score (nSPS) is 13.6. The zero-order chi connectivity index (χ0) is 13.7. The first kappa shape index (κ1) is 20.0. The average Bonchev–Trinajstić information content (AvgIpc) is 2.23. The van der Waals surface area contributed by atoms with Crippen molar-refractivity contribution in [1.82, 2.24) is 10.0 Å². The summed E-state index contributed by atoms with van der Waals surface area (Å²) in [7, 11) is -3.38. The molecular weight excluding hydrogens is 278 g/mol. The molecule has 0 aromatic carbocycles. The van der Waals surface area contributed by atoms with Crippen molar-refractivity contribution in [3.63, 3.8) is 0 Å². The van der Waals surface area contributed by atoms with Gasteiger partial charge in [0.05, 0.1) is 12.3 Å². The van der Waals surface area contributed by atoms with Crippen LogP contribution in [0.3, 0.4) is 0 Å². The molecule has 0 bridgehead atoms. The van der Waals surface area contributed by atoms with E-state index in [1.807, 2.05) is 13.8 Å². The van der Waals surface area contributed by atoms with Gasteiger partial charge in [-0.05, 0) is 19.8 Å². The lowest BCUT2D eigenvalue weighted by molar-refractivity contribution is -0.122. The molecule has 0 saturated carbocycles. The summed E-state index contributed by atoms with van der Waals surface area (Å²) in [5.74, 6) is -0.368. The number of hydrogen-bond donors (Lipinski definition) is 3. The van der Waals surface area contributed by atoms with Crippen molar-refractivity contribution in [2.45, 2.75) is 45.2 Å². The highest BCUT2D eigenvalue weighted by molar-refractivity contribution is 7.88. The number of sulfonamides is 1. The van der Waals surface area contributed by atoms with Crippen LogP contribution in [0.25, 0.3) is 0 Å². The minimum absolute atomic E-state index is 0. The Labute approximate surface area is 116 Å². The molecule has 0 fully saturated rings. The third-order valence-electron chi connectivity index (χ3n) is 2.81. The highest BCUT2D eigenvalue weighted by atomic mass is 35.5. The van der Waals surface area contributed by atoms with Gasteiger partial charge in [-0.3, -0.25) is 4.79 Å². The predicted molar refractivity (Wildman–Crippen MR) is 75.2 cm³/mol. The summed E-state index contributed by atoms with van der Waals surface area (Å²) in [6, 6.07) is -0.789. The van der Waals surface area contributed by atoms with E-state index in [4.69, 9.17) is 5.73 Å². The van der Waals surface area contributed by atoms with E-state index in [-0.39, 0.29) is 18.3 Å². The van der Waals surface area contributed by atoms with Crippen LogP contribution >= 0.6 is 12.4 Å². The van der Waals surface area contributed by atoms with Crippen LogP contribution in [0, 0.1) is 0 Å². The molecule has 6 nitrogen and oxygen atoms in total. The number of hydrogen-bond acceptors (Lipinski definition) is 4. The van der Waals surface area contributed by atoms with Gasteiger partial charge in [0.1, 0.15) is 0 Å². The van der Waals surface area contributed by atoms with Crippen LogP contribution in [0.4, 0.5) is 0 Å². The molecule has 0 saturated heterocycles. The maximum atomic E-state index is 11.6. The van der Waals surface area contributed by atoms with E-state index in [1.165, 1.54) is 6.92 Å². The van der Waals surface area contributed by atoms with Crippen molar-refractivity contribution in [1.29, 1.82) is 0 Å². The van der Waals surface area contributed by atoms with E-state index in [0.717, 1.165) is 19.1 Å². The number of rotatable bonds is 7. The lowest BCUT2D eigenvalue weighted by Crippen LogP contribution is -2.53. The minimum atomic E-state index is -3.38. The largest absolute Gasteiger partial charge is 0.353 e. The summed E-state index contributed by atoms with van der Waals surface area (Å²) in [4.78, 5) is 11.6. The third kappa shape index (κ3) is 7.86. The van der Waals surface area contributed by atoms with E-state index < -0.39 is 21.6 Å². The van der Waals surface area contributed by atoms with Gasteiger partial charge in [0, 0.05) is 12.1 Å². The Morgan fingerprint density at radius 2 is 1.78 bits per heavy atom. The van der Waals surface area contributed by atoms with Crippen LogP contribution in [0.1, 0.15) is 33.6 Å². The standard InChI is InChI=1S/C10H23N3O3S.ClH/c1-5-10(11,6-2)7-12-9(14)8(3)13-17(4,15)16;/h8,13H,5-7,11H2,1-4H3,(H,12,14);1H. The van der Waals surface area contributed by atoms with E-state index in [1.54, 1.807) is 0 Å². The van der Waals surface area contributed by atoms with E-state index in [9.17, 15) is 13.2 Å². The van der Waals surface area contributed by atoms with Crippen molar-refractivity contribution in [3.8, 4) is 0 Å². The number of nitrogens with one attached hydrogen (secondary N) is 2. The average molecular weight is 302 g/mol. The van der Waals surface area contributed by atoms with Crippen LogP contribution in [-0.4, -0.2) is 38.7 Å². The molecule has 0 spiro atoms. The van der Waals surface area contributed by atoms with Crippen molar-refractivity contribution in [3.05, 3.63) is 0 Å². The lowest BCUT2D eigenvalue weighted by Gasteiger charge is -2.27. The fourth-order valence-corrected chi connectivity index (χ4v) is 2.04. The monoisotopic (exact) mass is 301 g/mol. The minimum Gasteiger partial charge on any atom is -0.353 e. The zero-order valence-corrected chi connectivity index (χ0v) is 13.0. The predicted octanol–water partition coefficient (Wildman–Crippen LogP) is -0.0204. The molecule has 0 aliphatic heterocycles. The molecular formula is C10H24ClN3O3S. The summed E-state index contributed by atoms with van der Waals surface area (Å²) in [5, 5.41) is 2.66. The second kappa shape index (κ2) is 7.93. The zero-order valence-electron chi connectivity index (χ0n) is 11.3. The topological polar surface area (TPSA) is 101 Å². The molecule has 1 unspecified atom stereocenters. The quantitative estimate of drug-likeness (QED) is 0.615. The van der Waals surface area contributed by atoms with Crippen molar-refractivity contribution < 1.29 is 13.2 Å². The van der Waals surface area contributed by atoms with Gasteiger partial charge < -0.3 is 11.1 Å². The number of nitrogens with two attached hydrogens (primary N) is 1. The van der Waals surface area contributed by atoms with Gasteiger partial charge in [-0.2, -0.15) is 0 Å². The first-order valence-electron chi connectivity index (χ1n) is 5.67. The summed E-state index contributed by atoms with van der Waals surface area (Å²) in [6.07, 6.45) is 2.51. The molecule has 0 radical (unpaired) electrons.